The fourth-order valence-electron chi connectivity index (χ4n) is 21.3. The van der Waals surface area contributed by atoms with Crippen LogP contribution in [0.2, 0.25) is 0 Å². The molecule has 0 amide bonds. The molecule has 0 saturated carbocycles. The third-order valence-corrected chi connectivity index (χ3v) is 27.1. The van der Waals surface area contributed by atoms with E-state index < -0.39 is 0 Å². The number of hydrogen-bond donors (Lipinski definition) is 0. The molecular weight excluding hydrogens is 1550 g/mol. The molecule has 0 fully saturated rings. The Bertz CT molecular complexity index is 9260. The van der Waals surface area contributed by atoms with Crippen molar-refractivity contribution in [2.45, 2.75) is 0 Å². The van der Waals surface area contributed by atoms with Crippen LogP contribution in [-0.2, 0) is 0 Å². The highest BCUT2D eigenvalue weighted by Crippen LogP contribution is 2.47. The Hall–Kier alpha value is -16.9. The van der Waals surface area contributed by atoms with Crippen molar-refractivity contribution >= 4 is 163 Å². The highest BCUT2D eigenvalue weighted by atomic mass is 15.0. The van der Waals surface area contributed by atoms with Crippen LogP contribution in [0.5, 0.6) is 0 Å². The monoisotopic (exact) mass is 1620 g/mol. The second-order valence-corrected chi connectivity index (χ2v) is 34.1. The quantitative estimate of drug-likeness (QED) is 0.122. The van der Waals surface area contributed by atoms with E-state index in [4.69, 9.17) is 0 Å². The molecule has 0 N–H and O–H groups in total. The van der Waals surface area contributed by atoms with Gasteiger partial charge in [-0.15, -0.1) is 0 Å². The van der Waals surface area contributed by atoms with E-state index in [1.165, 1.54) is 229 Å². The lowest BCUT2D eigenvalue weighted by Crippen LogP contribution is -1.95. The van der Waals surface area contributed by atoms with Crippen molar-refractivity contribution in [2.75, 3.05) is 0 Å². The lowest BCUT2D eigenvalue weighted by atomic mass is 9.87. The summed E-state index contributed by atoms with van der Waals surface area (Å²) in [6.07, 6.45) is 0. The highest BCUT2D eigenvalue weighted by Gasteiger charge is 2.23. The fourth-order valence-corrected chi connectivity index (χ4v) is 21.3. The summed E-state index contributed by atoms with van der Waals surface area (Å²) < 4.78 is 9.68. The second kappa shape index (κ2) is 29.4. The Morgan fingerprint density at radius 1 is 0.109 bits per heavy atom. The minimum atomic E-state index is 1.14. The Morgan fingerprint density at radius 2 is 0.383 bits per heavy atom. The molecule has 4 heteroatoms. The number of aromatic nitrogens is 4. The lowest BCUT2D eigenvalue weighted by molar-refractivity contribution is 1.18. The van der Waals surface area contributed by atoms with Crippen LogP contribution in [0.3, 0.4) is 0 Å². The summed E-state index contributed by atoms with van der Waals surface area (Å²) in [7, 11) is 0. The van der Waals surface area contributed by atoms with Crippen molar-refractivity contribution < 1.29 is 0 Å². The number of benzene rings is 23. The number of nitrogens with zero attached hydrogens (tertiary/aromatic N) is 4. The van der Waals surface area contributed by atoms with Crippen molar-refractivity contribution in [3.63, 3.8) is 0 Å². The zero-order chi connectivity index (χ0) is 84.0. The van der Waals surface area contributed by atoms with Gasteiger partial charge in [-0.25, -0.2) is 0 Å². The van der Waals surface area contributed by atoms with Gasteiger partial charge in [0.15, 0.2) is 0 Å². The van der Waals surface area contributed by atoms with Gasteiger partial charge >= 0.3 is 0 Å². The molecule has 4 aromatic heterocycles. The first kappa shape index (κ1) is 72.7. The number of rotatable bonds is 10. The molecule has 4 heterocycles. The Balaban J connectivity index is 0.000000136. The highest BCUT2D eigenvalue weighted by molar-refractivity contribution is 6.33. The summed E-state index contributed by atoms with van der Waals surface area (Å²) in [5.41, 5.74) is 28.7. The van der Waals surface area contributed by atoms with Gasteiger partial charge in [-0.1, -0.05) is 340 Å². The predicted octanol–water partition coefficient (Wildman–Crippen LogP) is 33.8. The van der Waals surface area contributed by atoms with Crippen molar-refractivity contribution in [3.05, 3.63) is 473 Å². The number of fused-ring (bicyclic) bond motifs is 25. The van der Waals surface area contributed by atoms with Crippen molar-refractivity contribution in [2.24, 2.45) is 0 Å². The van der Waals surface area contributed by atoms with E-state index in [-0.39, 0.29) is 0 Å². The van der Waals surface area contributed by atoms with E-state index in [0.29, 0.717) is 0 Å². The third kappa shape index (κ3) is 11.7. The van der Waals surface area contributed by atoms with Crippen molar-refractivity contribution in [1.82, 2.24) is 18.3 Å². The smallest absolute Gasteiger partial charge is 0.0541 e. The third-order valence-electron chi connectivity index (χ3n) is 27.1. The summed E-state index contributed by atoms with van der Waals surface area (Å²) in [6.45, 7) is 0. The van der Waals surface area contributed by atoms with Crippen LogP contribution in [0, 0.1) is 0 Å². The molecule has 0 aliphatic rings. The van der Waals surface area contributed by atoms with E-state index in [2.05, 4.69) is 491 Å². The van der Waals surface area contributed by atoms with Crippen molar-refractivity contribution in [3.8, 4) is 89.5 Å². The molecule has 0 radical (unpaired) electrons. The molecule has 128 heavy (non-hydrogen) atoms. The predicted molar refractivity (Wildman–Crippen MR) is 545 cm³/mol. The van der Waals surface area contributed by atoms with Gasteiger partial charge in [0.1, 0.15) is 0 Å². The SMILES string of the molecule is c1ccc(-c2cccc(-n3c4ccccc4c4cc(-c5ccc6c(c5)c5ccccc5n6-c5ccc(-c6ccc7c(ccc8c9ccccc9ccc78)c6)cc5)ccc43)c2)cc1.c1ccc(-c2cccc(-n3c4ccccc4c4cc(-c5ccc6c(c5)c5ccccc5n6-c5cccc(-c6cc7c8ccccc8c8ccccc8c7c7ccccc67)c5)ccc43)c2)cc1. The summed E-state index contributed by atoms with van der Waals surface area (Å²) in [4.78, 5) is 0. The first-order chi connectivity index (χ1) is 63.5. The molecule has 0 bridgehead atoms. The van der Waals surface area contributed by atoms with Crippen molar-refractivity contribution in [1.29, 1.82) is 0 Å². The summed E-state index contributed by atoms with van der Waals surface area (Å²) in [5, 5.41) is 28.0. The molecular formula is C124H78N4. The molecule has 27 rings (SSSR count). The zero-order valence-corrected chi connectivity index (χ0v) is 69.8. The normalized spacial score (nSPS) is 11.9. The number of hydrogen-bond acceptors (Lipinski definition) is 0. The first-order valence-corrected chi connectivity index (χ1v) is 44.2. The zero-order valence-electron chi connectivity index (χ0n) is 69.8. The molecule has 27 aromatic rings. The Kier molecular flexibility index (Phi) is 16.7. The molecule has 0 aliphatic heterocycles. The maximum atomic E-state index is 2.45. The average molecular weight is 1620 g/mol. The maximum Gasteiger partial charge on any atom is 0.0541 e. The van der Waals surface area contributed by atoms with E-state index in [1.54, 1.807) is 0 Å². The summed E-state index contributed by atoms with van der Waals surface area (Å²) >= 11 is 0. The molecule has 0 unspecified atom stereocenters. The van der Waals surface area contributed by atoms with E-state index in [0.717, 1.165) is 22.7 Å². The molecule has 4 nitrogen and oxygen atoms in total. The molecule has 0 atom stereocenters. The Labute approximate surface area is 738 Å². The van der Waals surface area contributed by atoms with Gasteiger partial charge in [0.25, 0.3) is 0 Å². The fraction of sp³-hybridized carbons (Fsp3) is 0. The minimum Gasteiger partial charge on any atom is -0.309 e. The molecule has 594 valence electrons. The molecule has 0 aliphatic carbocycles. The average Bonchev–Trinajstić information content (AvgIpc) is 1.33. The van der Waals surface area contributed by atoms with Crippen LogP contribution in [0.4, 0.5) is 0 Å². The first-order valence-electron chi connectivity index (χ1n) is 44.2. The largest absolute Gasteiger partial charge is 0.309 e. The van der Waals surface area contributed by atoms with E-state index >= 15 is 0 Å². The van der Waals surface area contributed by atoms with Gasteiger partial charge in [-0.2, -0.15) is 0 Å². The number of para-hydroxylation sites is 4. The van der Waals surface area contributed by atoms with Gasteiger partial charge in [-0.05, 0) is 276 Å². The second-order valence-electron chi connectivity index (χ2n) is 34.1. The standard InChI is InChI=1S/C64H40N2.C60H38N2/c1-2-16-41(17-3-1)42-18-14-20-46(36-42)65-60-30-12-10-26-52(60)57-38-43(32-34-62(57)65)44-33-35-63-58(39-44)53-27-11-13-31-61(53)66(63)47-21-15-19-45(37-47)56-40-59-50-24-5-4-22-48(50)49-23-6-8-28-54(49)64(59)55-29-9-7-25-51(55)56;1-2-11-39(12-3-1)42-14-10-15-48(36-42)62-58-20-9-7-18-54(58)56-38-45(27-34-60(56)62)44-26-33-59-55(37-44)53-17-6-8-19-57(53)61(59)47-28-21-40(22-29-47)43-24-30-50-46(35-43)25-32-51-49-16-5-4-13-41(49)23-31-52(50)51/h1-40H;1-38H. The van der Waals surface area contributed by atoms with Gasteiger partial charge in [-0.3, -0.25) is 0 Å². The summed E-state index contributed by atoms with van der Waals surface area (Å²) in [6, 6.07) is 174. The van der Waals surface area contributed by atoms with Gasteiger partial charge in [0.05, 0.1) is 44.1 Å². The van der Waals surface area contributed by atoms with Gasteiger partial charge in [0, 0.05) is 65.8 Å². The van der Waals surface area contributed by atoms with Crippen LogP contribution in [0.1, 0.15) is 0 Å². The van der Waals surface area contributed by atoms with Gasteiger partial charge in [0.2, 0.25) is 0 Å². The minimum absolute atomic E-state index is 1.14. The Morgan fingerprint density at radius 3 is 0.844 bits per heavy atom. The summed E-state index contributed by atoms with van der Waals surface area (Å²) in [5.74, 6) is 0. The maximum absolute atomic E-state index is 2.45. The molecule has 0 spiro atoms. The van der Waals surface area contributed by atoms with Crippen LogP contribution in [-0.4, -0.2) is 18.3 Å². The van der Waals surface area contributed by atoms with E-state index in [1.807, 2.05) is 0 Å². The van der Waals surface area contributed by atoms with E-state index in [9.17, 15) is 0 Å². The van der Waals surface area contributed by atoms with Crippen LogP contribution in [0.25, 0.3) is 252 Å². The topological polar surface area (TPSA) is 19.7 Å². The van der Waals surface area contributed by atoms with Gasteiger partial charge < -0.3 is 18.3 Å². The molecule has 23 aromatic carbocycles. The molecule has 0 saturated heterocycles. The van der Waals surface area contributed by atoms with Crippen LogP contribution < -0.4 is 0 Å². The lowest BCUT2D eigenvalue weighted by Gasteiger charge is -2.17. The van der Waals surface area contributed by atoms with Crippen LogP contribution >= 0.6 is 0 Å². The van der Waals surface area contributed by atoms with Crippen LogP contribution in [0.15, 0.2) is 473 Å².